The molecule has 2 N–H and O–H groups in total. The fourth-order valence-corrected chi connectivity index (χ4v) is 3.17. The molecule has 2 rings (SSSR count). The van der Waals surface area contributed by atoms with E-state index in [1.807, 2.05) is 43.3 Å². The standard InChI is InChI=1S/C21H28O2/c1-20(2,17-11-6-4-7-12-17)15-10-16-21(3,19(22)23)18-13-8-5-9-14-18/h4-9,11-14,19,22-23H,10,15-16H2,1-3H3. The first-order valence-electron chi connectivity index (χ1n) is 8.33. The molecular formula is C21H28O2. The molecule has 23 heavy (non-hydrogen) atoms. The van der Waals surface area contributed by atoms with Crippen LogP contribution in [0, 0.1) is 0 Å². The molecule has 2 nitrogen and oxygen atoms in total. The minimum atomic E-state index is -1.36. The van der Waals surface area contributed by atoms with Crippen molar-refractivity contribution in [3.05, 3.63) is 71.8 Å². The Morgan fingerprint density at radius 2 is 1.22 bits per heavy atom. The average Bonchev–Trinajstić information content (AvgIpc) is 2.56. The largest absolute Gasteiger partial charge is 0.367 e. The van der Waals surface area contributed by atoms with Crippen LogP contribution in [0.1, 0.15) is 51.2 Å². The fourth-order valence-electron chi connectivity index (χ4n) is 3.17. The average molecular weight is 312 g/mol. The van der Waals surface area contributed by atoms with Crippen LogP contribution in [-0.4, -0.2) is 16.5 Å². The van der Waals surface area contributed by atoms with Gasteiger partial charge < -0.3 is 10.2 Å². The highest BCUT2D eigenvalue weighted by Crippen LogP contribution is 2.35. The van der Waals surface area contributed by atoms with Gasteiger partial charge in [-0.2, -0.15) is 0 Å². The molecule has 2 heteroatoms. The Morgan fingerprint density at radius 1 is 0.739 bits per heavy atom. The number of hydrogen-bond donors (Lipinski definition) is 2. The maximum atomic E-state index is 9.93. The van der Waals surface area contributed by atoms with E-state index in [9.17, 15) is 10.2 Å². The van der Waals surface area contributed by atoms with E-state index in [2.05, 4.69) is 38.1 Å². The van der Waals surface area contributed by atoms with Gasteiger partial charge in [-0.3, -0.25) is 0 Å². The summed E-state index contributed by atoms with van der Waals surface area (Å²) < 4.78 is 0. The molecule has 0 bridgehead atoms. The summed E-state index contributed by atoms with van der Waals surface area (Å²) in [7, 11) is 0. The highest BCUT2D eigenvalue weighted by Gasteiger charge is 2.34. The molecule has 0 spiro atoms. The smallest absolute Gasteiger partial charge is 0.160 e. The predicted molar refractivity (Wildman–Crippen MR) is 95.3 cm³/mol. The van der Waals surface area contributed by atoms with E-state index in [1.54, 1.807) is 0 Å². The molecule has 0 saturated carbocycles. The highest BCUT2D eigenvalue weighted by molar-refractivity contribution is 5.26. The molecule has 0 aliphatic carbocycles. The maximum Gasteiger partial charge on any atom is 0.160 e. The predicted octanol–water partition coefficient (Wildman–Crippen LogP) is 4.40. The molecule has 0 amide bonds. The molecule has 0 aliphatic heterocycles. The van der Waals surface area contributed by atoms with Crippen molar-refractivity contribution in [3.8, 4) is 0 Å². The van der Waals surface area contributed by atoms with E-state index in [0.717, 1.165) is 24.8 Å². The van der Waals surface area contributed by atoms with Crippen LogP contribution in [0.3, 0.4) is 0 Å². The van der Waals surface area contributed by atoms with Crippen molar-refractivity contribution in [2.24, 2.45) is 0 Å². The van der Waals surface area contributed by atoms with Gasteiger partial charge in [0.1, 0.15) is 0 Å². The maximum absolute atomic E-state index is 9.93. The summed E-state index contributed by atoms with van der Waals surface area (Å²) in [6.45, 7) is 6.43. The van der Waals surface area contributed by atoms with Gasteiger partial charge in [0.25, 0.3) is 0 Å². The first-order valence-corrected chi connectivity index (χ1v) is 8.33. The summed E-state index contributed by atoms with van der Waals surface area (Å²) in [5.74, 6) is 0. The zero-order valence-electron chi connectivity index (χ0n) is 14.4. The second-order valence-electron chi connectivity index (χ2n) is 7.26. The molecular weight excluding hydrogens is 284 g/mol. The normalized spacial score (nSPS) is 14.7. The van der Waals surface area contributed by atoms with Crippen LogP contribution in [-0.2, 0) is 10.8 Å². The van der Waals surface area contributed by atoms with Crippen molar-refractivity contribution in [3.63, 3.8) is 0 Å². The topological polar surface area (TPSA) is 40.5 Å². The Bertz CT molecular complexity index is 590. The number of aliphatic hydroxyl groups is 2. The highest BCUT2D eigenvalue weighted by atomic mass is 16.5. The summed E-state index contributed by atoms with van der Waals surface area (Å²) >= 11 is 0. The lowest BCUT2D eigenvalue weighted by atomic mass is 9.74. The Hall–Kier alpha value is -1.64. The third kappa shape index (κ3) is 4.21. The molecule has 1 unspecified atom stereocenters. The minimum Gasteiger partial charge on any atom is -0.367 e. The summed E-state index contributed by atoms with van der Waals surface area (Å²) in [5.41, 5.74) is 1.76. The van der Waals surface area contributed by atoms with E-state index in [1.165, 1.54) is 5.56 Å². The van der Waals surface area contributed by atoms with Crippen molar-refractivity contribution in [2.75, 3.05) is 0 Å². The molecule has 0 fully saturated rings. The van der Waals surface area contributed by atoms with Crippen LogP contribution in [0.2, 0.25) is 0 Å². The molecule has 0 aromatic heterocycles. The fraction of sp³-hybridized carbons (Fsp3) is 0.429. The summed E-state index contributed by atoms with van der Waals surface area (Å²) in [6, 6.07) is 20.3. The number of hydrogen-bond acceptors (Lipinski definition) is 2. The second-order valence-corrected chi connectivity index (χ2v) is 7.26. The lowest BCUT2D eigenvalue weighted by Crippen LogP contribution is -2.37. The lowest BCUT2D eigenvalue weighted by molar-refractivity contribution is -0.0981. The van der Waals surface area contributed by atoms with Crippen LogP contribution in [0.25, 0.3) is 0 Å². The Kier molecular flexibility index (Phi) is 5.61. The van der Waals surface area contributed by atoms with Crippen LogP contribution < -0.4 is 0 Å². The van der Waals surface area contributed by atoms with Crippen molar-refractivity contribution in [2.45, 2.75) is 57.2 Å². The van der Waals surface area contributed by atoms with Crippen LogP contribution >= 0.6 is 0 Å². The first-order chi connectivity index (χ1) is 10.9. The van der Waals surface area contributed by atoms with E-state index in [-0.39, 0.29) is 5.41 Å². The van der Waals surface area contributed by atoms with Gasteiger partial charge >= 0.3 is 0 Å². The molecule has 2 aromatic rings. The Labute approximate surface area is 139 Å². The second kappa shape index (κ2) is 7.29. The van der Waals surface area contributed by atoms with Crippen molar-refractivity contribution in [1.29, 1.82) is 0 Å². The van der Waals surface area contributed by atoms with Crippen molar-refractivity contribution in [1.82, 2.24) is 0 Å². The number of benzene rings is 2. The number of aliphatic hydroxyl groups excluding tert-OH is 1. The van der Waals surface area contributed by atoms with Gasteiger partial charge in [-0.15, -0.1) is 0 Å². The minimum absolute atomic E-state index is 0.0826. The zero-order valence-corrected chi connectivity index (χ0v) is 14.4. The zero-order chi connectivity index (χ0) is 16.9. The SMILES string of the molecule is CC(C)(CCCC(C)(c1ccccc1)C(O)O)c1ccccc1. The quantitative estimate of drug-likeness (QED) is 0.744. The van der Waals surface area contributed by atoms with Crippen LogP contribution in [0.4, 0.5) is 0 Å². The summed E-state index contributed by atoms with van der Waals surface area (Å²) in [6.07, 6.45) is 1.33. The van der Waals surface area contributed by atoms with Gasteiger partial charge in [-0.25, -0.2) is 0 Å². The third-order valence-corrected chi connectivity index (χ3v) is 5.06. The molecule has 0 aliphatic rings. The van der Waals surface area contributed by atoms with Crippen LogP contribution in [0.5, 0.6) is 0 Å². The van der Waals surface area contributed by atoms with Crippen molar-refractivity contribution >= 4 is 0 Å². The van der Waals surface area contributed by atoms with E-state index >= 15 is 0 Å². The Morgan fingerprint density at radius 3 is 1.70 bits per heavy atom. The van der Waals surface area contributed by atoms with Crippen LogP contribution in [0.15, 0.2) is 60.7 Å². The van der Waals surface area contributed by atoms with Gasteiger partial charge in [-0.1, -0.05) is 87.9 Å². The third-order valence-electron chi connectivity index (χ3n) is 5.06. The van der Waals surface area contributed by atoms with Gasteiger partial charge in [-0.05, 0) is 29.4 Å². The Balaban J connectivity index is 2.06. The molecule has 2 aromatic carbocycles. The van der Waals surface area contributed by atoms with Crippen molar-refractivity contribution < 1.29 is 10.2 Å². The molecule has 0 heterocycles. The lowest BCUT2D eigenvalue weighted by Gasteiger charge is -2.34. The van der Waals surface area contributed by atoms with E-state index < -0.39 is 11.7 Å². The van der Waals surface area contributed by atoms with E-state index in [0.29, 0.717) is 0 Å². The van der Waals surface area contributed by atoms with Gasteiger partial charge in [0.15, 0.2) is 6.29 Å². The summed E-state index contributed by atoms with van der Waals surface area (Å²) in [4.78, 5) is 0. The number of rotatable bonds is 7. The monoisotopic (exact) mass is 312 g/mol. The first kappa shape index (κ1) is 17.7. The van der Waals surface area contributed by atoms with Gasteiger partial charge in [0.2, 0.25) is 0 Å². The molecule has 124 valence electrons. The molecule has 0 saturated heterocycles. The molecule has 1 atom stereocenters. The van der Waals surface area contributed by atoms with E-state index in [4.69, 9.17) is 0 Å². The van der Waals surface area contributed by atoms with Gasteiger partial charge in [0, 0.05) is 5.41 Å². The van der Waals surface area contributed by atoms with Gasteiger partial charge in [0.05, 0.1) is 0 Å². The summed E-state index contributed by atoms with van der Waals surface area (Å²) in [5, 5.41) is 19.9. The molecule has 0 radical (unpaired) electrons.